The highest BCUT2D eigenvalue weighted by Gasteiger charge is 2.18. The maximum atomic E-state index is 12.7. The lowest BCUT2D eigenvalue weighted by Crippen LogP contribution is -2.27. The van der Waals surface area contributed by atoms with Gasteiger partial charge in [-0.25, -0.2) is 4.98 Å². The lowest BCUT2D eigenvalue weighted by Gasteiger charge is -2.11. The minimum absolute atomic E-state index is 0. The van der Waals surface area contributed by atoms with Crippen LogP contribution >= 0.6 is 60.2 Å². The minimum atomic E-state index is -0.136. The number of amides is 1. The summed E-state index contributed by atoms with van der Waals surface area (Å²) >= 11 is 10.5. The quantitative estimate of drug-likeness (QED) is 0.363. The van der Waals surface area contributed by atoms with Crippen molar-refractivity contribution in [2.45, 2.75) is 12.8 Å². The van der Waals surface area contributed by atoms with E-state index in [1.54, 1.807) is 12.3 Å². The normalized spacial score (nSPS) is 10.5. The first-order valence-corrected chi connectivity index (χ1v) is 10.2. The van der Waals surface area contributed by atoms with Gasteiger partial charge in [0.2, 0.25) is 0 Å². The summed E-state index contributed by atoms with van der Waals surface area (Å²) in [6.07, 6.45) is 3.27. The molecular weight excluding hydrogens is 565 g/mol. The summed E-state index contributed by atoms with van der Waals surface area (Å²) in [5, 5.41) is 2.96. The van der Waals surface area contributed by atoms with Gasteiger partial charge in [-0.1, -0.05) is 15.9 Å². The van der Waals surface area contributed by atoms with E-state index in [1.807, 2.05) is 28.8 Å². The zero-order valence-electron chi connectivity index (χ0n) is 14.0. The molecule has 1 aromatic carbocycles. The maximum Gasteiger partial charge on any atom is 0.268 e. The van der Waals surface area contributed by atoms with Gasteiger partial charge < -0.3 is 16.0 Å². The first-order valence-electron chi connectivity index (χ1n) is 7.86. The molecule has 10 heteroatoms. The molecule has 2 heterocycles. The van der Waals surface area contributed by atoms with E-state index in [4.69, 9.17) is 5.73 Å². The summed E-state index contributed by atoms with van der Waals surface area (Å²) < 4.78 is 4.45. The number of carbonyl (C=O) groups is 1. The van der Waals surface area contributed by atoms with Gasteiger partial charge in [-0.3, -0.25) is 9.36 Å². The molecule has 0 atom stereocenters. The van der Waals surface area contributed by atoms with Crippen LogP contribution in [-0.4, -0.2) is 27.0 Å². The third kappa shape index (κ3) is 5.37. The highest BCUT2D eigenvalue weighted by Crippen LogP contribution is 2.31. The van der Waals surface area contributed by atoms with Crippen LogP contribution in [0.5, 0.6) is 0 Å². The molecule has 1 amide bonds. The van der Waals surface area contributed by atoms with Gasteiger partial charge in [-0.2, -0.15) is 0 Å². The molecule has 0 unspecified atom stereocenters. The number of nitrogens with two attached hydrogens (primary N) is 1. The fraction of sp³-hybridized carbons (Fsp3) is 0.176. The Morgan fingerprint density at radius 2 is 1.93 bits per heavy atom. The third-order valence-corrected chi connectivity index (χ3v) is 6.22. The molecule has 6 nitrogen and oxygen atoms in total. The summed E-state index contributed by atoms with van der Waals surface area (Å²) in [6, 6.07) is 9.57. The van der Waals surface area contributed by atoms with Gasteiger partial charge in [0.05, 0.1) is 10.7 Å². The van der Waals surface area contributed by atoms with Crippen LogP contribution in [-0.2, 0) is 6.42 Å². The largest absolute Gasteiger partial charge is 0.369 e. The monoisotopic (exact) mass is 579 g/mol. The van der Waals surface area contributed by atoms with Gasteiger partial charge in [0.25, 0.3) is 5.91 Å². The van der Waals surface area contributed by atoms with Crippen molar-refractivity contribution < 1.29 is 4.79 Å². The predicted molar refractivity (Wildman–Crippen MR) is 120 cm³/mol. The van der Waals surface area contributed by atoms with E-state index in [1.165, 1.54) is 0 Å². The third-order valence-electron chi connectivity index (χ3n) is 3.77. The molecule has 2 aromatic heterocycles. The van der Waals surface area contributed by atoms with Gasteiger partial charge >= 0.3 is 0 Å². The number of carbonyl (C=O) groups excluding carboxylic acids is 1. The van der Waals surface area contributed by atoms with Crippen LogP contribution in [0.1, 0.15) is 22.6 Å². The van der Waals surface area contributed by atoms with Gasteiger partial charge in [-0.05, 0) is 75.0 Å². The number of imidazole rings is 1. The van der Waals surface area contributed by atoms with Crippen LogP contribution in [0.3, 0.4) is 0 Å². The standard InChI is InChI=1S/C17H16Br3N5O.ClH/c18-10-3-5-12(6-4-10)25-14(8-13(19)15(25)20)16(26)22-7-1-2-11-9-23-17(21)24-11;/h3-6,8-9H,1-2,7H2,(H,22,26)(H3,21,23,24);1H. The lowest BCUT2D eigenvalue weighted by molar-refractivity contribution is 0.0946. The Morgan fingerprint density at radius 1 is 1.22 bits per heavy atom. The fourth-order valence-corrected chi connectivity index (χ4v) is 3.71. The fourth-order valence-electron chi connectivity index (χ4n) is 2.54. The second-order valence-electron chi connectivity index (χ2n) is 5.63. The van der Waals surface area contributed by atoms with Crippen LogP contribution in [0.4, 0.5) is 5.95 Å². The molecule has 0 fully saturated rings. The first-order chi connectivity index (χ1) is 12.5. The van der Waals surface area contributed by atoms with Crippen LogP contribution < -0.4 is 11.1 Å². The first kappa shape index (κ1) is 22.0. The number of hydrogen-bond acceptors (Lipinski definition) is 3. The Morgan fingerprint density at radius 3 is 2.56 bits per heavy atom. The van der Waals surface area contributed by atoms with Crippen molar-refractivity contribution in [2.24, 2.45) is 0 Å². The predicted octanol–water partition coefficient (Wildman–Crippen LogP) is 4.85. The molecule has 0 aliphatic heterocycles. The zero-order chi connectivity index (χ0) is 18.7. The molecule has 0 saturated heterocycles. The second-order valence-corrected chi connectivity index (χ2v) is 8.15. The number of aryl methyl sites for hydroxylation is 1. The number of nitrogens with zero attached hydrogens (tertiary/aromatic N) is 2. The van der Waals surface area contributed by atoms with Gasteiger partial charge in [0.1, 0.15) is 10.3 Å². The maximum absolute atomic E-state index is 12.7. The summed E-state index contributed by atoms with van der Waals surface area (Å²) in [5.74, 6) is 0.273. The number of benzene rings is 1. The van der Waals surface area contributed by atoms with Crippen LogP contribution in [0, 0.1) is 0 Å². The Kier molecular flexibility index (Phi) is 7.96. The summed E-state index contributed by atoms with van der Waals surface area (Å²) in [7, 11) is 0. The van der Waals surface area contributed by atoms with Crippen molar-refractivity contribution in [3.8, 4) is 5.69 Å². The summed E-state index contributed by atoms with van der Waals surface area (Å²) in [5.41, 5.74) is 7.96. The molecule has 3 rings (SSSR count). The van der Waals surface area contributed by atoms with E-state index < -0.39 is 0 Å². The molecule has 0 aliphatic rings. The molecule has 0 aliphatic carbocycles. The lowest BCUT2D eigenvalue weighted by atomic mass is 10.2. The minimum Gasteiger partial charge on any atom is -0.369 e. The molecular formula is C17H17Br3ClN5O. The smallest absolute Gasteiger partial charge is 0.268 e. The highest BCUT2D eigenvalue weighted by molar-refractivity contribution is 9.13. The van der Waals surface area contributed by atoms with E-state index in [9.17, 15) is 4.79 Å². The van der Waals surface area contributed by atoms with Gasteiger partial charge in [-0.15, -0.1) is 12.4 Å². The topological polar surface area (TPSA) is 88.7 Å². The van der Waals surface area contributed by atoms with Crippen LogP contribution in [0.15, 0.2) is 50.1 Å². The summed E-state index contributed by atoms with van der Waals surface area (Å²) in [4.78, 5) is 19.6. The van der Waals surface area contributed by atoms with Gasteiger partial charge in [0.15, 0.2) is 5.95 Å². The van der Waals surface area contributed by atoms with E-state index in [2.05, 4.69) is 63.1 Å². The molecule has 0 spiro atoms. The Bertz CT molecular complexity index is 923. The van der Waals surface area contributed by atoms with Crippen molar-refractivity contribution in [1.82, 2.24) is 19.9 Å². The average Bonchev–Trinajstić information content (AvgIpc) is 3.16. The van der Waals surface area contributed by atoms with E-state index in [-0.39, 0.29) is 18.3 Å². The number of nitrogen functional groups attached to an aromatic ring is 1. The zero-order valence-corrected chi connectivity index (χ0v) is 19.6. The number of rotatable bonds is 6. The molecule has 3 aromatic rings. The van der Waals surface area contributed by atoms with Crippen LogP contribution in [0.25, 0.3) is 5.69 Å². The molecule has 0 saturated carbocycles. The van der Waals surface area contributed by atoms with Crippen molar-refractivity contribution in [2.75, 3.05) is 12.3 Å². The van der Waals surface area contributed by atoms with Gasteiger partial charge in [0, 0.05) is 22.4 Å². The van der Waals surface area contributed by atoms with E-state index in [0.717, 1.165) is 37.8 Å². The highest BCUT2D eigenvalue weighted by atomic mass is 79.9. The Balaban J connectivity index is 0.00000261. The van der Waals surface area contributed by atoms with Crippen molar-refractivity contribution >= 4 is 72.1 Å². The molecule has 144 valence electrons. The molecule has 27 heavy (non-hydrogen) atoms. The number of nitrogens with one attached hydrogen (secondary N) is 2. The van der Waals surface area contributed by atoms with Crippen LogP contribution in [0.2, 0.25) is 0 Å². The number of aromatic nitrogens is 3. The SMILES string of the molecule is Cl.Nc1ncc(CCCNC(=O)c2cc(Br)c(Br)n2-c2ccc(Br)cc2)[nH]1. The van der Waals surface area contributed by atoms with E-state index in [0.29, 0.717) is 18.2 Å². The number of aromatic amines is 1. The second kappa shape index (κ2) is 9.77. The van der Waals surface area contributed by atoms with Crippen molar-refractivity contribution in [1.29, 1.82) is 0 Å². The number of anilines is 1. The number of H-pyrrole nitrogens is 1. The van der Waals surface area contributed by atoms with E-state index >= 15 is 0 Å². The molecule has 4 N–H and O–H groups in total. The van der Waals surface area contributed by atoms with Crippen molar-refractivity contribution in [3.05, 3.63) is 61.5 Å². The van der Waals surface area contributed by atoms with Crippen molar-refractivity contribution in [3.63, 3.8) is 0 Å². The summed E-state index contributed by atoms with van der Waals surface area (Å²) in [6.45, 7) is 0.554. The number of hydrogen-bond donors (Lipinski definition) is 3. The Hall–Kier alpha value is -1.29. The average molecular weight is 583 g/mol. The molecule has 0 radical (unpaired) electrons. The number of halogens is 4. The Labute approximate surface area is 188 Å². The molecule has 0 bridgehead atoms.